The third-order valence-corrected chi connectivity index (χ3v) is 6.02. The number of aliphatic hydroxyl groups excluding tert-OH is 1. The average Bonchev–Trinajstić information content (AvgIpc) is 3.12. The molecule has 35 heavy (non-hydrogen) atoms. The lowest BCUT2D eigenvalue weighted by Crippen LogP contribution is -2.14. The van der Waals surface area contributed by atoms with E-state index in [2.05, 4.69) is 4.99 Å². The van der Waals surface area contributed by atoms with Gasteiger partial charge in [-0.15, -0.1) is 0 Å². The monoisotopic (exact) mass is 519 g/mol. The first-order valence-electron chi connectivity index (χ1n) is 10.6. The van der Waals surface area contributed by atoms with Gasteiger partial charge in [-0.25, -0.2) is 14.2 Å². The molecule has 0 unspecified atom stereocenters. The fourth-order valence-corrected chi connectivity index (χ4v) is 4.39. The third-order valence-electron chi connectivity index (χ3n) is 4.72. The summed E-state index contributed by atoms with van der Waals surface area (Å²) in [5.74, 6) is -1.36. The summed E-state index contributed by atoms with van der Waals surface area (Å²) >= 11 is 7.40. The van der Waals surface area contributed by atoms with Gasteiger partial charge in [0.15, 0.2) is 11.5 Å². The summed E-state index contributed by atoms with van der Waals surface area (Å²) in [6, 6.07) is 9.21. The van der Waals surface area contributed by atoms with Gasteiger partial charge >= 0.3 is 5.97 Å². The van der Waals surface area contributed by atoms with Crippen molar-refractivity contribution in [2.75, 3.05) is 13.7 Å². The predicted molar refractivity (Wildman–Crippen MR) is 133 cm³/mol. The second-order valence-electron chi connectivity index (χ2n) is 7.17. The minimum absolute atomic E-state index is 0.0622. The number of carbonyl (C=O) groups excluding carboxylic acids is 2. The summed E-state index contributed by atoms with van der Waals surface area (Å²) in [4.78, 5) is 28.5. The SMILES string of the molecule is CCOC(=O)C1=C(O)/C(=C/c2cc(Cl)c(OCc3cccc(F)c3)c(OC)c2)SC1=NC(=O)CC. The molecule has 1 aliphatic rings. The van der Waals surface area contributed by atoms with Crippen LogP contribution < -0.4 is 9.47 Å². The molecule has 1 heterocycles. The van der Waals surface area contributed by atoms with Gasteiger partial charge in [-0.2, -0.15) is 0 Å². The molecule has 1 aliphatic heterocycles. The molecule has 0 bridgehead atoms. The van der Waals surface area contributed by atoms with Crippen molar-refractivity contribution in [2.45, 2.75) is 26.9 Å². The Labute approximate surface area is 211 Å². The first-order valence-corrected chi connectivity index (χ1v) is 11.8. The van der Waals surface area contributed by atoms with Gasteiger partial charge in [-0.3, -0.25) is 4.79 Å². The molecule has 0 radical (unpaired) electrons. The highest BCUT2D eigenvalue weighted by Gasteiger charge is 2.33. The van der Waals surface area contributed by atoms with Crippen LogP contribution in [-0.4, -0.2) is 35.7 Å². The Morgan fingerprint density at radius 2 is 2.00 bits per heavy atom. The number of hydrogen-bond acceptors (Lipinski definition) is 7. The Morgan fingerprint density at radius 3 is 2.66 bits per heavy atom. The molecular formula is C25H23ClFNO6S. The van der Waals surface area contributed by atoms with E-state index < -0.39 is 11.9 Å². The van der Waals surface area contributed by atoms with Crippen LogP contribution in [0.1, 0.15) is 31.4 Å². The molecule has 3 rings (SSSR count). The van der Waals surface area contributed by atoms with Crippen LogP contribution in [0.2, 0.25) is 5.02 Å². The van der Waals surface area contributed by atoms with Crippen LogP contribution in [0.4, 0.5) is 4.39 Å². The molecule has 0 aliphatic carbocycles. The van der Waals surface area contributed by atoms with Crippen LogP contribution in [0.25, 0.3) is 6.08 Å². The van der Waals surface area contributed by atoms with Crippen LogP contribution in [0.15, 0.2) is 57.6 Å². The first-order chi connectivity index (χ1) is 16.8. The topological polar surface area (TPSA) is 94.4 Å². The van der Waals surface area contributed by atoms with E-state index in [0.29, 0.717) is 16.9 Å². The summed E-state index contributed by atoms with van der Waals surface area (Å²) in [6.45, 7) is 3.44. The summed E-state index contributed by atoms with van der Waals surface area (Å²) < 4.78 is 29.6. The van der Waals surface area contributed by atoms with Crippen LogP contribution in [0, 0.1) is 5.82 Å². The number of benzene rings is 2. The fourth-order valence-electron chi connectivity index (χ4n) is 3.08. The van der Waals surface area contributed by atoms with E-state index in [1.54, 1.807) is 44.2 Å². The van der Waals surface area contributed by atoms with E-state index >= 15 is 0 Å². The number of nitrogens with zero attached hydrogens (tertiary/aromatic N) is 1. The predicted octanol–water partition coefficient (Wildman–Crippen LogP) is 5.86. The largest absolute Gasteiger partial charge is 0.506 e. The van der Waals surface area contributed by atoms with E-state index in [4.69, 9.17) is 25.8 Å². The number of aliphatic imine (C=N–C) groups is 1. The summed E-state index contributed by atoms with van der Waals surface area (Å²) in [5.41, 5.74) is 0.981. The van der Waals surface area contributed by atoms with Gasteiger partial charge in [-0.05, 0) is 48.4 Å². The van der Waals surface area contributed by atoms with Gasteiger partial charge in [0, 0.05) is 6.42 Å². The van der Waals surface area contributed by atoms with Crippen molar-refractivity contribution in [3.63, 3.8) is 0 Å². The van der Waals surface area contributed by atoms with Crippen LogP contribution in [-0.2, 0) is 20.9 Å². The van der Waals surface area contributed by atoms with Gasteiger partial charge in [0.1, 0.15) is 28.8 Å². The van der Waals surface area contributed by atoms with Crippen LogP contribution >= 0.6 is 23.4 Å². The summed E-state index contributed by atoms with van der Waals surface area (Å²) in [7, 11) is 1.44. The summed E-state index contributed by atoms with van der Waals surface area (Å²) in [6.07, 6.45) is 1.72. The number of ether oxygens (including phenoxy) is 3. The van der Waals surface area contributed by atoms with Gasteiger partial charge in [0.2, 0.25) is 5.91 Å². The van der Waals surface area contributed by atoms with E-state index in [9.17, 15) is 19.1 Å². The number of aliphatic hydroxyl groups is 1. The Kier molecular flexibility index (Phi) is 8.95. The van der Waals surface area contributed by atoms with Gasteiger partial charge in [0.05, 0.1) is 23.6 Å². The van der Waals surface area contributed by atoms with Crippen LogP contribution in [0.5, 0.6) is 11.5 Å². The molecule has 10 heteroatoms. The number of thioether (sulfide) groups is 1. The van der Waals surface area contributed by atoms with Gasteiger partial charge in [-0.1, -0.05) is 42.4 Å². The lowest BCUT2D eigenvalue weighted by Gasteiger charge is -2.14. The number of amides is 1. The van der Waals surface area contributed by atoms with Crippen molar-refractivity contribution >= 4 is 46.4 Å². The maximum absolute atomic E-state index is 13.4. The number of esters is 1. The molecule has 1 amide bonds. The molecule has 2 aromatic carbocycles. The number of rotatable bonds is 8. The molecule has 184 valence electrons. The van der Waals surface area contributed by atoms with Gasteiger partial charge < -0.3 is 19.3 Å². The molecule has 7 nitrogen and oxygen atoms in total. The van der Waals surface area contributed by atoms with E-state index in [1.807, 2.05) is 0 Å². The Hall–Kier alpha value is -3.30. The Morgan fingerprint density at radius 1 is 1.23 bits per heavy atom. The number of carbonyl (C=O) groups is 2. The molecule has 1 N–H and O–H groups in total. The molecule has 0 aromatic heterocycles. The number of hydrogen-bond donors (Lipinski definition) is 1. The molecule has 0 saturated carbocycles. The van der Waals surface area contributed by atoms with Crippen molar-refractivity contribution in [1.82, 2.24) is 0 Å². The third kappa shape index (κ3) is 6.43. The van der Waals surface area contributed by atoms with Crippen molar-refractivity contribution in [2.24, 2.45) is 4.99 Å². The molecule has 2 aromatic rings. The minimum Gasteiger partial charge on any atom is -0.506 e. The number of halogens is 2. The normalized spacial score (nSPS) is 15.6. The minimum atomic E-state index is -0.778. The highest BCUT2D eigenvalue weighted by atomic mass is 35.5. The van der Waals surface area contributed by atoms with Crippen LogP contribution in [0.3, 0.4) is 0 Å². The first kappa shape index (κ1) is 26.3. The standard InChI is InChI=1S/C25H23ClFNO6S/c1-4-20(29)28-24-21(25(31)33-5-2)22(30)19(35-24)12-15-10-17(26)23(18(11-15)32-3)34-13-14-7-6-8-16(27)9-14/h6-12,30H,4-5,13H2,1-3H3/b19-12-,28-24?. The zero-order valence-corrected chi connectivity index (χ0v) is 20.8. The van der Waals surface area contributed by atoms with Crippen molar-refractivity contribution in [3.8, 4) is 11.5 Å². The zero-order chi connectivity index (χ0) is 25.5. The second-order valence-corrected chi connectivity index (χ2v) is 8.61. The van der Waals surface area contributed by atoms with E-state index in [0.717, 1.165) is 11.8 Å². The van der Waals surface area contributed by atoms with Crippen molar-refractivity contribution < 1.29 is 33.3 Å². The molecule has 0 spiro atoms. The highest BCUT2D eigenvalue weighted by Crippen LogP contribution is 2.42. The Bertz CT molecular complexity index is 1240. The molecule has 0 fully saturated rings. The summed E-state index contributed by atoms with van der Waals surface area (Å²) in [5, 5.41) is 11.0. The second kappa shape index (κ2) is 11.9. The lowest BCUT2D eigenvalue weighted by molar-refractivity contribution is -0.138. The quantitative estimate of drug-likeness (QED) is 0.436. The molecule has 0 atom stereocenters. The highest BCUT2D eigenvalue weighted by molar-refractivity contribution is 8.18. The van der Waals surface area contributed by atoms with Gasteiger partial charge in [0.25, 0.3) is 0 Å². The van der Waals surface area contributed by atoms with E-state index in [1.165, 1.54) is 19.2 Å². The lowest BCUT2D eigenvalue weighted by atomic mass is 10.1. The maximum atomic E-state index is 13.4. The van der Waals surface area contributed by atoms with Crippen molar-refractivity contribution in [3.05, 3.63) is 74.6 Å². The fraction of sp³-hybridized carbons (Fsp3) is 0.240. The smallest absolute Gasteiger partial charge is 0.344 e. The van der Waals surface area contributed by atoms with Crippen molar-refractivity contribution in [1.29, 1.82) is 0 Å². The Balaban J connectivity index is 1.94. The molecular weight excluding hydrogens is 497 g/mol. The number of methoxy groups -OCH3 is 1. The average molecular weight is 520 g/mol. The zero-order valence-electron chi connectivity index (χ0n) is 19.3. The molecule has 0 saturated heterocycles. The van der Waals surface area contributed by atoms with E-state index in [-0.39, 0.29) is 57.5 Å². The maximum Gasteiger partial charge on any atom is 0.344 e.